The molecule has 2 heterocycles. The number of nitrogens with one attached hydrogen (secondary N) is 2. The molecule has 0 aromatic carbocycles. The number of carbonyl (C=O) groups is 1. The third-order valence-corrected chi connectivity index (χ3v) is 4.23. The fourth-order valence-corrected chi connectivity index (χ4v) is 2.86. The standard InChI is InChI=1S/C15H18N4OS/c20-15(17-8-6-12-3-1-2-7-16-12)18-9-14-19-13(10-21-14)11-4-5-11/h1-3,7,10-11H,4-6,8-9H2,(H2,17,18,20). The molecule has 5 nitrogen and oxygen atoms in total. The summed E-state index contributed by atoms with van der Waals surface area (Å²) in [5.74, 6) is 0.669. The minimum Gasteiger partial charge on any atom is -0.338 e. The van der Waals surface area contributed by atoms with Gasteiger partial charge in [-0.05, 0) is 25.0 Å². The zero-order chi connectivity index (χ0) is 14.5. The maximum Gasteiger partial charge on any atom is 0.315 e. The maximum atomic E-state index is 11.7. The zero-order valence-corrected chi connectivity index (χ0v) is 12.5. The van der Waals surface area contributed by atoms with E-state index in [-0.39, 0.29) is 6.03 Å². The lowest BCUT2D eigenvalue weighted by Crippen LogP contribution is -2.36. The zero-order valence-electron chi connectivity index (χ0n) is 11.7. The highest BCUT2D eigenvalue weighted by atomic mass is 32.1. The number of hydrogen-bond donors (Lipinski definition) is 2. The van der Waals surface area contributed by atoms with Gasteiger partial charge >= 0.3 is 6.03 Å². The second kappa shape index (κ2) is 6.67. The summed E-state index contributed by atoms with van der Waals surface area (Å²) >= 11 is 1.62. The van der Waals surface area contributed by atoms with Crippen LogP contribution in [-0.2, 0) is 13.0 Å². The van der Waals surface area contributed by atoms with Crippen LogP contribution in [-0.4, -0.2) is 22.5 Å². The molecule has 3 rings (SSSR count). The summed E-state index contributed by atoms with van der Waals surface area (Å²) in [5, 5.41) is 8.74. The molecule has 0 unspecified atom stereocenters. The smallest absolute Gasteiger partial charge is 0.315 e. The predicted molar refractivity (Wildman–Crippen MR) is 82.3 cm³/mol. The van der Waals surface area contributed by atoms with Crippen molar-refractivity contribution in [2.75, 3.05) is 6.54 Å². The number of thiazole rings is 1. The molecule has 0 atom stereocenters. The van der Waals surface area contributed by atoms with Gasteiger partial charge in [0, 0.05) is 36.2 Å². The second-order valence-electron chi connectivity index (χ2n) is 5.12. The van der Waals surface area contributed by atoms with E-state index in [1.165, 1.54) is 18.5 Å². The Bertz CT molecular complexity index is 595. The van der Waals surface area contributed by atoms with Crippen LogP contribution in [0.25, 0.3) is 0 Å². The van der Waals surface area contributed by atoms with Gasteiger partial charge in [-0.15, -0.1) is 11.3 Å². The lowest BCUT2D eigenvalue weighted by Gasteiger charge is -2.06. The maximum absolute atomic E-state index is 11.7. The summed E-state index contributed by atoms with van der Waals surface area (Å²) in [7, 11) is 0. The lowest BCUT2D eigenvalue weighted by molar-refractivity contribution is 0.240. The Labute approximate surface area is 127 Å². The molecular weight excluding hydrogens is 284 g/mol. The highest BCUT2D eigenvalue weighted by molar-refractivity contribution is 7.09. The van der Waals surface area contributed by atoms with Gasteiger partial charge in [-0.25, -0.2) is 9.78 Å². The van der Waals surface area contributed by atoms with Crippen LogP contribution in [0.2, 0.25) is 0 Å². The monoisotopic (exact) mass is 302 g/mol. The molecule has 110 valence electrons. The Morgan fingerprint density at radius 3 is 3.00 bits per heavy atom. The third-order valence-electron chi connectivity index (χ3n) is 3.36. The molecule has 0 radical (unpaired) electrons. The van der Waals surface area contributed by atoms with Gasteiger partial charge in [0.2, 0.25) is 0 Å². The quantitative estimate of drug-likeness (QED) is 0.861. The summed E-state index contributed by atoms with van der Waals surface area (Å²) in [5.41, 5.74) is 2.17. The van der Waals surface area contributed by atoms with Gasteiger partial charge in [-0.2, -0.15) is 0 Å². The van der Waals surface area contributed by atoms with Crippen molar-refractivity contribution >= 4 is 17.4 Å². The normalized spacial score (nSPS) is 13.9. The van der Waals surface area contributed by atoms with E-state index in [1.807, 2.05) is 18.2 Å². The van der Waals surface area contributed by atoms with Crippen LogP contribution in [0.5, 0.6) is 0 Å². The highest BCUT2D eigenvalue weighted by Gasteiger charge is 2.25. The molecule has 2 aromatic rings. The van der Waals surface area contributed by atoms with Crippen LogP contribution < -0.4 is 10.6 Å². The molecule has 1 saturated carbocycles. The van der Waals surface area contributed by atoms with Crippen molar-refractivity contribution in [2.24, 2.45) is 0 Å². The van der Waals surface area contributed by atoms with Crippen LogP contribution in [0.3, 0.4) is 0 Å². The lowest BCUT2D eigenvalue weighted by atomic mass is 10.3. The van der Waals surface area contributed by atoms with Crippen LogP contribution in [0.1, 0.15) is 35.2 Å². The minimum absolute atomic E-state index is 0.158. The summed E-state index contributed by atoms with van der Waals surface area (Å²) in [6.45, 7) is 1.07. The molecule has 1 fully saturated rings. The molecule has 21 heavy (non-hydrogen) atoms. The topological polar surface area (TPSA) is 66.9 Å². The van der Waals surface area contributed by atoms with Gasteiger partial charge in [0.05, 0.1) is 12.2 Å². The van der Waals surface area contributed by atoms with E-state index >= 15 is 0 Å². The highest BCUT2D eigenvalue weighted by Crippen LogP contribution is 2.40. The Balaban J connectivity index is 1.35. The number of amides is 2. The number of carbonyl (C=O) groups excluding carboxylic acids is 1. The summed E-state index contributed by atoms with van der Waals surface area (Å²) in [4.78, 5) is 20.4. The van der Waals surface area contributed by atoms with Crippen molar-refractivity contribution < 1.29 is 4.79 Å². The number of aromatic nitrogens is 2. The van der Waals surface area contributed by atoms with Gasteiger partial charge in [-0.1, -0.05) is 6.07 Å². The molecule has 6 heteroatoms. The minimum atomic E-state index is -0.158. The van der Waals surface area contributed by atoms with E-state index in [0.29, 0.717) is 19.0 Å². The van der Waals surface area contributed by atoms with Crippen molar-refractivity contribution in [1.82, 2.24) is 20.6 Å². The molecule has 1 aliphatic carbocycles. The summed E-state index contributed by atoms with van der Waals surface area (Å²) in [6.07, 6.45) is 5.00. The van der Waals surface area contributed by atoms with Crippen LogP contribution >= 0.6 is 11.3 Å². The Morgan fingerprint density at radius 1 is 1.33 bits per heavy atom. The van der Waals surface area contributed by atoms with E-state index in [4.69, 9.17) is 0 Å². The van der Waals surface area contributed by atoms with Crippen molar-refractivity contribution in [1.29, 1.82) is 0 Å². The molecular formula is C15H18N4OS. The second-order valence-corrected chi connectivity index (χ2v) is 6.06. The van der Waals surface area contributed by atoms with Gasteiger partial charge in [0.1, 0.15) is 5.01 Å². The van der Waals surface area contributed by atoms with Gasteiger partial charge < -0.3 is 10.6 Å². The van der Waals surface area contributed by atoms with Crippen molar-refractivity contribution in [3.05, 3.63) is 46.2 Å². The van der Waals surface area contributed by atoms with Crippen molar-refractivity contribution in [3.8, 4) is 0 Å². The van der Waals surface area contributed by atoms with Crippen molar-refractivity contribution in [3.63, 3.8) is 0 Å². The fraction of sp³-hybridized carbons (Fsp3) is 0.400. The SMILES string of the molecule is O=C(NCCc1ccccn1)NCc1nc(C2CC2)cs1. The number of hydrogen-bond acceptors (Lipinski definition) is 4. The van der Waals surface area contributed by atoms with Crippen molar-refractivity contribution in [2.45, 2.75) is 31.7 Å². The average molecular weight is 302 g/mol. The number of pyridine rings is 1. The predicted octanol–water partition coefficient (Wildman–Crippen LogP) is 2.46. The van der Waals surface area contributed by atoms with Crippen LogP contribution in [0.4, 0.5) is 4.79 Å². The van der Waals surface area contributed by atoms with Gasteiger partial charge in [0.15, 0.2) is 0 Å². The first kappa shape index (κ1) is 14.0. The van der Waals surface area contributed by atoms with E-state index in [0.717, 1.165) is 17.1 Å². The van der Waals surface area contributed by atoms with E-state index < -0.39 is 0 Å². The molecule has 2 amide bonds. The van der Waals surface area contributed by atoms with Gasteiger partial charge in [-0.3, -0.25) is 4.98 Å². The number of urea groups is 1. The van der Waals surface area contributed by atoms with Crippen LogP contribution in [0, 0.1) is 0 Å². The number of rotatable bonds is 6. The average Bonchev–Trinajstić information content (AvgIpc) is 3.25. The Morgan fingerprint density at radius 2 is 2.24 bits per heavy atom. The molecule has 2 aromatic heterocycles. The first-order chi connectivity index (χ1) is 10.3. The first-order valence-corrected chi connectivity index (χ1v) is 8.05. The first-order valence-electron chi connectivity index (χ1n) is 7.17. The third kappa shape index (κ3) is 4.26. The molecule has 0 spiro atoms. The molecule has 1 aliphatic rings. The van der Waals surface area contributed by atoms with E-state index in [2.05, 4.69) is 26.0 Å². The summed E-state index contributed by atoms with van der Waals surface area (Å²) < 4.78 is 0. The molecule has 0 bridgehead atoms. The largest absolute Gasteiger partial charge is 0.338 e. The Hall–Kier alpha value is -1.95. The number of nitrogens with zero attached hydrogens (tertiary/aromatic N) is 2. The van der Waals surface area contributed by atoms with E-state index in [1.54, 1.807) is 17.5 Å². The molecule has 2 N–H and O–H groups in total. The van der Waals surface area contributed by atoms with E-state index in [9.17, 15) is 4.79 Å². The Kier molecular flexibility index (Phi) is 4.45. The summed E-state index contributed by atoms with van der Waals surface area (Å²) in [6, 6.07) is 5.62. The van der Waals surface area contributed by atoms with Crippen LogP contribution in [0.15, 0.2) is 29.8 Å². The van der Waals surface area contributed by atoms with Gasteiger partial charge in [0.25, 0.3) is 0 Å². The fourth-order valence-electron chi connectivity index (χ4n) is 2.04. The molecule has 0 aliphatic heterocycles. The molecule has 0 saturated heterocycles.